The third-order valence-corrected chi connectivity index (χ3v) is 6.42. The summed E-state index contributed by atoms with van der Waals surface area (Å²) in [5, 5.41) is 0. The molecule has 0 aromatic heterocycles. The minimum atomic E-state index is -3.90. The molecular weight excluding hydrogens is 378 g/mol. The van der Waals surface area contributed by atoms with E-state index in [1.807, 2.05) is 6.92 Å². The molecule has 7 heteroatoms. The van der Waals surface area contributed by atoms with Crippen LogP contribution in [-0.2, 0) is 19.6 Å². The number of carbonyl (C=O) groups is 1. The number of nitrogens with zero attached hydrogens (tertiary/aromatic N) is 1. The van der Waals surface area contributed by atoms with Gasteiger partial charge < -0.3 is 4.74 Å². The highest BCUT2D eigenvalue weighted by molar-refractivity contribution is 7.89. The van der Waals surface area contributed by atoms with Gasteiger partial charge in [0.25, 0.3) is 0 Å². The molecule has 1 unspecified atom stereocenters. The topological polar surface area (TPSA) is 63.7 Å². The summed E-state index contributed by atoms with van der Waals surface area (Å²) in [6, 6.07) is 5.51. The molecule has 0 heterocycles. The van der Waals surface area contributed by atoms with Gasteiger partial charge in [-0.1, -0.05) is 43.4 Å². The molecule has 0 spiro atoms. The first-order valence-corrected chi connectivity index (χ1v) is 13.8. The maximum Gasteiger partial charge on any atom is 0.325 e. The summed E-state index contributed by atoms with van der Waals surface area (Å²) in [6.45, 7) is 13.6. The SMILES string of the molecule is C=CCN(C(CC#C[Si](C)(C)C)C(=O)OCC)S(=O)(=O)c1ccc(C)cc1. The number of hydrogen-bond donors (Lipinski definition) is 0. The zero-order valence-electron chi connectivity index (χ0n) is 16.8. The second-order valence-corrected chi connectivity index (χ2v) is 13.8. The number of aryl methyl sites for hydroxylation is 1. The largest absolute Gasteiger partial charge is 0.465 e. The smallest absolute Gasteiger partial charge is 0.325 e. The zero-order chi connectivity index (χ0) is 20.7. The molecule has 1 aromatic carbocycles. The summed E-state index contributed by atoms with van der Waals surface area (Å²) in [5.41, 5.74) is 4.13. The van der Waals surface area contributed by atoms with Crippen LogP contribution in [0.25, 0.3) is 0 Å². The Morgan fingerprint density at radius 3 is 2.37 bits per heavy atom. The summed E-state index contributed by atoms with van der Waals surface area (Å²) in [7, 11) is -5.55. The van der Waals surface area contributed by atoms with Crippen LogP contribution in [0.5, 0.6) is 0 Å². The van der Waals surface area contributed by atoms with Gasteiger partial charge in [-0.2, -0.15) is 4.31 Å². The van der Waals surface area contributed by atoms with Crippen LogP contribution in [0.1, 0.15) is 18.9 Å². The molecule has 0 saturated carbocycles. The van der Waals surface area contributed by atoms with Crippen molar-refractivity contribution in [2.45, 2.75) is 50.8 Å². The monoisotopic (exact) mass is 407 g/mol. The van der Waals surface area contributed by atoms with Crippen molar-refractivity contribution in [1.29, 1.82) is 0 Å². The molecule has 0 fully saturated rings. The van der Waals surface area contributed by atoms with E-state index in [9.17, 15) is 13.2 Å². The van der Waals surface area contributed by atoms with E-state index in [1.54, 1.807) is 19.1 Å². The van der Waals surface area contributed by atoms with Gasteiger partial charge >= 0.3 is 5.97 Å². The molecule has 0 aliphatic rings. The highest BCUT2D eigenvalue weighted by Crippen LogP contribution is 2.21. The molecule has 0 radical (unpaired) electrons. The Labute approximate surface area is 164 Å². The maximum absolute atomic E-state index is 13.2. The molecule has 1 aromatic rings. The highest BCUT2D eigenvalue weighted by Gasteiger charge is 2.35. The molecule has 1 atom stereocenters. The van der Waals surface area contributed by atoms with Gasteiger partial charge in [0.1, 0.15) is 14.1 Å². The average Bonchev–Trinajstić information content (AvgIpc) is 2.56. The van der Waals surface area contributed by atoms with Crippen LogP contribution >= 0.6 is 0 Å². The lowest BCUT2D eigenvalue weighted by Crippen LogP contribution is -2.45. The number of rotatable bonds is 8. The quantitative estimate of drug-likeness (QED) is 0.287. The third kappa shape index (κ3) is 6.98. The van der Waals surface area contributed by atoms with Crippen molar-refractivity contribution in [2.24, 2.45) is 0 Å². The molecule has 27 heavy (non-hydrogen) atoms. The predicted octanol–water partition coefficient (Wildman–Crippen LogP) is 3.37. The Hall–Kier alpha value is -1.88. The first-order chi connectivity index (χ1) is 12.5. The number of sulfonamides is 1. The Kier molecular flexibility index (Phi) is 8.47. The van der Waals surface area contributed by atoms with Crippen LogP contribution in [0.3, 0.4) is 0 Å². The minimum Gasteiger partial charge on any atom is -0.465 e. The van der Waals surface area contributed by atoms with E-state index in [0.717, 1.165) is 9.87 Å². The van der Waals surface area contributed by atoms with Crippen molar-refractivity contribution in [3.05, 3.63) is 42.5 Å². The van der Waals surface area contributed by atoms with E-state index in [2.05, 4.69) is 37.7 Å². The van der Waals surface area contributed by atoms with E-state index in [1.165, 1.54) is 18.2 Å². The average molecular weight is 408 g/mol. The lowest BCUT2D eigenvalue weighted by atomic mass is 10.2. The van der Waals surface area contributed by atoms with Crippen LogP contribution in [0.15, 0.2) is 41.8 Å². The van der Waals surface area contributed by atoms with Crippen LogP contribution in [0.4, 0.5) is 0 Å². The summed E-state index contributed by atoms with van der Waals surface area (Å²) in [4.78, 5) is 12.7. The lowest BCUT2D eigenvalue weighted by molar-refractivity contribution is -0.147. The number of esters is 1. The van der Waals surface area contributed by atoms with Crippen molar-refractivity contribution in [3.8, 4) is 11.5 Å². The summed E-state index contributed by atoms with van der Waals surface area (Å²) < 4.78 is 32.6. The summed E-state index contributed by atoms with van der Waals surface area (Å²) in [5.74, 6) is 2.41. The van der Waals surface area contributed by atoms with Crippen LogP contribution in [-0.4, -0.2) is 46.0 Å². The van der Waals surface area contributed by atoms with Gasteiger partial charge in [-0.3, -0.25) is 4.79 Å². The van der Waals surface area contributed by atoms with Crippen molar-refractivity contribution < 1.29 is 17.9 Å². The fraction of sp³-hybridized carbons (Fsp3) is 0.450. The van der Waals surface area contributed by atoms with Gasteiger partial charge in [0.2, 0.25) is 10.0 Å². The molecule has 0 amide bonds. The van der Waals surface area contributed by atoms with E-state index in [0.29, 0.717) is 0 Å². The molecule has 1 rings (SSSR count). The van der Waals surface area contributed by atoms with Gasteiger partial charge in [-0.15, -0.1) is 18.0 Å². The Bertz CT molecular complexity index is 814. The van der Waals surface area contributed by atoms with Gasteiger partial charge in [-0.25, -0.2) is 8.42 Å². The molecule has 0 saturated heterocycles. The second kappa shape index (κ2) is 9.88. The van der Waals surface area contributed by atoms with Gasteiger partial charge in [0, 0.05) is 13.0 Å². The summed E-state index contributed by atoms with van der Waals surface area (Å²) >= 11 is 0. The Morgan fingerprint density at radius 2 is 1.89 bits per heavy atom. The van der Waals surface area contributed by atoms with Crippen molar-refractivity contribution in [2.75, 3.05) is 13.2 Å². The van der Waals surface area contributed by atoms with E-state index in [4.69, 9.17) is 4.74 Å². The summed E-state index contributed by atoms with van der Waals surface area (Å²) in [6.07, 6.45) is 1.55. The van der Waals surface area contributed by atoms with Crippen molar-refractivity contribution in [3.63, 3.8) is 0 Å². The first-order valence-electron chi connectivity index (χ1n) is 8.89. The standard InChI is InChI=1S/C20H29NO4SSi/c1-7-15-21(26(23,24)18-13-11-17(3)12-14-18)19(20(22)25-8-2)10-9-16-27(4,5)6/h7,11-14,19H,1,8,10,15H2,2-6H3. The zero-order valence-corrected chi connectivity index (χ0v) is 18.6. The molecule has 0 aliphatic carbocycles. The maximum atomic E-state index is 13.2. The predicted molar refractivity (Wildman–Crippen MR) is 111 cm³/mol. The van der Waals surface area contributed by atoms with E-state index >= 15 is 0 Å². The van der Waals surface area contributed by atoms with Crippen LogP contribution in [0, 0.1) is 18.4 Å². The molecule has 0 N–H and O–H groups in total. The third-order valence-electron chi connectivity index (χ3n) is 3.60. The second-order valence-electron chi connectivity index (χ2n) is 7.20. The fourth-order valence-corrected chi connectivity index (χ4v) is 4.50. The molecule has 148 valence electrons. The molecular formula is C20H29NO4SSi. The van der Waals surface area contributed by atoms with Crippen molar-refractivity contribution >= 4 is 24.1 Å². The minimum absolute atomic E-state index is 0.00564. The van der Waals surface area contributed by atoms with E-state index in [-0.39, 0.29) is 24.5 Å². The van der Waals surface area contributed by atoms with Crippen LogP contribution < -0.4 is 0 Å². The fourth-order valence-electron chi connectivity index (χ4n) is 2.32. The van der Waals surface area contributed by atoms with E-state index < -0.39 is 30.1 Å². The Morgan fingerprint density at radius 1 is 1.30 bits per heavy atom. The number of ether oxygens (including phenoxy) is 1. The molecule has 5 nitrogen and oxygen atoms in total. The van der Waals surface area contributed by atoms with Gasteiger partial charge in [-0.05, 0) is 26.0 Å². The molecule has 0 bridgehead atoms. The van der Waals surface area contributed by atoms with Gasteiger partial charge in [0.15, 0.2) is 0 Å². The number of carbonyl (C=O) groups excluding carboxylic acids is 1. The highest BCUT2D eigenvalue weighted by atomic mass is 32.2. The van der Waals surface area contributed by atoms with Crippen molar-refractivity contribution in [1.82, 2.24) is 4.31 Å². The first kappa shape index (κ1) is 23.2. The Balaban J connectivity index is 3.35. The normalized spacial score (nSPS) is 12.8. The lowest BCUT2D eigenvalue weighted by Gasteiger charge is -2.27. The van der Waals surface area contributed by atoms with Gasteiger partial charge in [0.05, 0.1) is 11.5 Å². The number of hydrogen-bond acceptors (Lipinski definition) is 4. The number of benzene rings is 1. The van der Waals surface area contributed by atoms with Crippen LogP contribution in [0.2, 0.25) is 19.6 Å². The molecule has 0 aliphatic heterocycles.